The molecular formula is C12H19NOS. The molecule has 0 spiro atoms. The zero-order valence-electron chi connectivity index (χ0n) is 9.24. The van der Waals surface area contributed by atoms with E-state index >= 15 is 0 Å². The first-order chi connectivity index (χ1) is 7.26. The number of hydrogen-bond donors (Lipinski definition) is 1. The van der Waals surface area contributed by atoms with E-state index in [0.29, 0.717) is 18.1 Å². The summed E-state index contributed by atoms with van der Waals surface area (Å²) < 4.78 is 11.6. The Morgan fingerprint density at radius 1 is 1.20 bits per heavy atom. The van der Waals surface area contributed by atoms with Crippen LogP contribution in [0.4, 0.5) is 0 Å². The molecule has 3 heteroatoms. The number of hydrogen-bond acceptors (Lipinski definition) is 2. The highest BCUT2D eigenvalue weighted by atomic mass is 32.2. The summed E-state index contributed by atoms with van der Waals surface area (Å²) in [5.74, 6) is 1.37. The van der Waals surface area contributed by atoms with E-state index in [-0.39, 0.29) is 0 Å². The van der Waals surface area contributed by atoms with Gasteiger partial charge in [0, 0.05) is 22.3 Å². The third-order valence-electron chi connectivity index (χ3n) is 2.34. The van der Waals surface area contributed by atoms with Crippen LogP contribution >= 0.6 is 0 Å². The third kappa shape index (κ3) is 4.58. The van der Waals surface area contributed by atoms with Gasteiger partial charge in [-0.1, -0.05) is 31.2 Å². The first-order valence-electron chi connectivity index (χ1n) is 5.39. The molecule has 0 bridgehead atoms. The van der Waals surface area contributed by atoms with Crippen molar-refractivity contribution in [3.8, 4) is 0 Å². The minimum atomic E-state index is -0.759. The SMILES string of the molecule is CCc1ccc(CS(=O)CCCN)cc1. The molecular weight excluding hydrogens is 206 g/mol. The molecule has 0 heterocycles. The van der Waals surface area contributed by atoms with Crippen molar-refractivity contribution in [1.29, 1.82) is 0 Å². The molecule has 84 valence electrons. The average molecular weight is 225 g/mol. The van der Waals surface area contributed by atoms with Gasteiger partial charge in [0.25, 0.3) is 0 Å². The Kier molecular flexibility index (Phi) is 5.58. The van der Waals surface area contributed by atoms with Gasteiger partial charge >= 0.3 is 0 Å². The Morgan fingerprint density at radius 3 is 2.33 bits per heavy atom. The van der Waals surface area contributed by atoms with Gasteiger partial charge in [-0.15, -0.1) is 0 Å². The van der Waals surface area contributed by atoms with Crippen molar-refractivity contribution in [1.82, 2.24) is 0 Å². The molecule has 1 aromatic rings. The van der Waals surface area contributed by atoms with Crippen LogP contribution < -0.4 is 5.73 Å². The van der Waals surface area contributed by atoms with Gasteiger partial charge in [-0.05, 0) is 30.5 Å². The van der Waals surface area contributed by atoms with E-state index in [1.807, 2.05) is 0 Å². The lowest BCUT2D eigenvalue weighted by molar-refractivity contribution is 0.680. The summed E-state index contributed by atoms with van der Waals surface area (Å²) in [5.41, 5.74) is 7.85. The molecule has 0 amide bonds. The monoisotopic (exact) mass is 225 g/mol. The molecule has 15 heavy (non-hydrogen) atoms. The van der Waals surface area contributed by atoms with Gasteiger partial charge in [-0.3, -0.25) is 4.21 Å². The standard InChI is InChI=1S/C12H19NOS/c1-2-11-4-6-12(7-5-11)10-15(14)9-3-8-13/h4-7H,2-3,8-10,13H2,1H3. The van der Waals surface area contributed by atoms with Crippen molar-refractivity contribution in [3.05, 3.63) is 35.4 Å². The molecule has 1 unspecified atom stereocenters. The minimum absolute atomic E-state index is 0.626. The summed E-state index contributed by atoms with van der Waals surface area (Å²) in [5, 5.41) is 0. The maximum atomic E-state index is 11.6. The zero-order valence-corrected chi connectivity index (χ0v) is 10.1. The van der Waals surface area contributed by atoms with E-state index in [2.05, 4.69) is 31.2 Å². The molecule has 0 aliphatic rings. The van der Waals surface area contributed by atoms with Gasteiger partial charge in [0.1, 0.15) is 0 Å². The number of nitrogens with two attached hydrogens (primary N) is 1. The number of benzene rings is 1. The summed E-state index contributed by atoms with van der Waals surface area (Å²) in [6, 6.07) is 8.35. The Balaban J connectivity index is 2.46. The van der Waals surface area contributed by atoms with Gasteiger partial charge in [0.2, 0.25) is 0 Å². The predicted molar refractivity (Wildman–Crippen MR) is 66.2 cm³/mol. The molecule has 0 fully saturated rings. The van der Waals surface area contributed by atoms with Gasteiger partial charge in [0.05, 0.1) is 0 Å². The molecule has 2 nitrogen and oxygen atoms in total. The van der Waals surface area contributed by atoms with Gasteiger partial charge in [0.15, 0.2) is 0 Å². The topological polar surface area (TPSA) is 43.1 Å². The van der Waals surface area contributed by atoms with Crippen LogP contribution in [0.5, 0.6) is 0 Å². The molecule has 0 aromatic heterocycles. The van der Waals surface area contributed by atoms with Crippen molar-refractivity contribution in [3.63, 3.8) is 0 Å². The van der Waals surface area contributed by atoms with E-state index in [1.54, 1.807) is 0 Å². The molecule has 0 radical (unpaired) electrons. The summed E-state index contributed by atoms with van der Waals surface area (Å²) >= 11 is 0. The number of aryl methyl sites for hydroxylation is 1. The van der Waals surface area contributed by atoms with Crippen LogP contribution in [0.15, 0.2) is 24.3 Å². The van der Waals surface area contributed by atoms with Crippen LogP contribution in [0, 0.1) is 0 Å². The number of rotatable bonds is 6. The second kappa shape index (κ2) is 6.75. The Morgan fingerprint density at radius 2 is 1.80 bits per heavy atom. The summed E-state index contributed by atoms with van der Waals surface area (Å²) in [6.45, 7) is 2.76. The van der Waals surface area contributed by atoms with Crippen LogP contribution in [0.1, 0.15) is 24.5 Å². The Bertz CT molecular complexity index is 308. The smallest absolute Gasteiger partial charge is 0.0485 e. The van der Waals surface area contributed by atoms with Crippen molar-refractivity contribution in [2.24, 2.45) is 5.73 Å². The minimum Gasteiger partial charge on any atom is -0.330 e. The summed E-state index contributed by atoms with van der Waals surface area (Å²) in [7, 11) is -0.759. The van der Waals surface area contributed by atoms with Crippen LogP contribution in [0.25, 0.3) is 0 Å². The molecule has 2 N–H and O–H groups in total. The Labute approximate surface area is 94.3 Å². The molecule has 0 aliphatic carbocycles. The fourth-order valence-corrected chi connectivity index (χ4v) is 2.57. The van der Waals surface area contributed by atoms with Crippen LogP contribution in [-0.4, -0.2) is 16.5 Å². The predicted octanol–water partition coefficient (Wildman–Crippen LogP) is 1.85. The molecule has 0 saturated carbocycles. The summed E-state index contributed by atoms with van der Waals surface area (Å²) in [6.07, 6.45) is 1.90. The molecule has 0 aliphatic heterocycles. The van der Waals surface area contributed by atoms with Crippen LogP contribution in [0.3, 0.4) is 0 Å². The van der Waals surface area contributed by atoms with E-state index in [4.69, 9.17) is 5.73 Å². The second-order valence-electron chi connectivity index (χ2n) is 3.60. The lowest BCUT2D eigenvalue weighted by atomic mass is 10.1. The average Bonchev–Trinajstić information content (AvgIpc) is 2.27. The fraction of sp³-hybridized carbons (Fsp3) is 0.500. The third-order valence-corrected chi connectivity index (χ3v) is 3.73. The highest BCUT2D eigenvalue weighted by Gasteiger charge is 2.01. The van der Waals surface area contributed by atoms with Crippen molar-refractivity contribution >= 4 is 10.8 Å². The van der Waals surface area contributed by atoms with Crippen molar-refractivity contribution < 1.29 is 4.21 Å². The van der Waals surface area contributed by atoms with E-state index in [9.17, 15) is 4.21 Å². The largest absolute Gasteiger partial charge is 0.330 e. The van der Waals surface area contributed by atoms with Crippen LogP contribution in [-0.2, 0) is 23.0 Å². The van der Waals surface area contributed by atoms with Gasteiger partial charge < -0.3 is 5.73 Å². The van der Waals surface area contributed by atoms with Crippen molar-refractivity contribution in [2.75, 3.05) is 12.3 Å². The normalized spacial score (nSPS) is 12.7. The lowest BCUT2D eigenvalue weighted by Gasteiger charge is -2.03. The van der Waals surface area contributed by atoms with E-state index in [0.717, 1.165) is 18.4 Å². The molecule has 1 rings (SSSR count). The lowest BCUT2D eigenvalue weighted by Crippen LogP contribution is -2.07. The maximum Gasteiger partial charge on any atom is 0.0485 e. The second-order valence-corrected chi connectivity index (χ2v) is 5.18. The highest BCUT2D eigenvalue weighted by molar-refractivity contribution is 7.84. The van der Waals surface area contributed by atoms with Gasteiger partial charge in [-0.2, -0.15) is 0 Å². The molecule has 1 aromatic carbocycles. The summed E-state index contributed by atoms with van der Waals surface area (Å²) in [4.78, 5) is 0. The van der Waals surface area contributed by atoms with E-state index < -0.39 is 10.8 Å². The van der Waals surface area contributed by atoms with Crippen LogP contribution in [0.2, 0.25) is 0 Å². The molecule has 0 saturated heterocycles. The van der Waals surface area contributed by atoms with Crippen molar-refractivity contribution in [2.45, 2.75) is 25.5 Å². The van der Waals surface area contributed by atoms with E-state index in [1.165, 1.54) is 5.56 Å². The maximum absolute atomic E-state index is 11.6. The highest BCUT2D eigenvalue weighted by Crippen LogP contribution is 2.07. The fourth-order valence-electron chi connectivity index (χ4n) is 1.37. The Hall–Kier alpha value is -0.670. The first-order valence-corrected chi connectivity index (χ1v) is 6.88. The first kappa shape index (κ1) is 12.4. The molecule has 1 atom stereocenters. The quantitative estimate of drug-likeness (QED) is 0.803. The van der Waals surface area contributed by atoms with Gasteiger partial charge in [-0.25, -0.2) is 0 Å². The zero-order chi connectivity index (χ0) is 11.1.